The molecule has 16 heavy (non-hydrogen) atoms. The van der Waals surface area contributed by atoms with E-state index in [1.54, 1.807) is 7.05 Å². The Balaban J connectivity index is 2.22. The molecule has 0 saturated carbocycles. The van der Waals surface area contributed by atoms with Crippen molar-refractivity contribution in [2.75, 3.05) is 41.9 Å². The summed E-state index contributed by atoms with van der Waals surface area (Å²) >= 11 is 0. The van der Waals surface area contributed by atoms with Crippen LogP contribution in [0.5, 0.6) is 0 Å². The first-order chi connectivity index (χ1) is 7.70. The molecule has 5 nitrogen and oxygen atoms in total. The fourth-order valence-corrected chi connectivity index (χ4v) is 2.78. The van der Waals surface area contributed by atoms with Gasteiger partial charge in [-0.1, -0.05) is 0 Å². The van der Waals surface area contributed by atoms with Gasteiger partial charge < -0.3 is 10.2 Å². The van der Waals surface area contributed by atoms with Crippen molar-refractivity contribution in [2.24, 2.45) is 0 Å². The number of nitrogens with zero attached hydrogens (tertiary/aromatic N) is 3. The maximum Gasteiger partial charge on any atom is 0.224 e. The Kier molecular flexibility index (Phi) is 3.38. The van der Waals surface area contributed by atoms with Gasteiger partial charge >= 0.3 is 0 Å². The molecule has 0 unspecified atom stereocenters. The average Bonchev–Trinajstić information content (AvgIpc) is 2.31. The van der Waals surface area contributed by atoms with Crippen molar-refractivity contribution in [1.82, 2.24) is 9.97 Å². The normalized spacial score (nSPS) is 17.5. The molecule has 2 heterocycles. The minimum atomic E-state index is -0.649. The van der Waals surface area contributed by atoms with Gasteiger partial charge in [0.05, 0.1) is 0 Å². The van der Waals surface area contributed by atoms with E-state index in [4.69, 9.17) is 0 Å². The highest BCUT2D eigenvalue weighted by Crippen LogP contribution is 2.19. The molecule has 1 aliphatic rings. The number of rotatable bonds is 2. The number of nitrogens with one attached hydrogen (secondary N) is 1. The van der Waals surface area contributed by atoms with E-state index in [1.807, 2.05) is 13.1 Å². The summed E-state index contributed by atoms with van der Waals surface area (Å²) in [5.41, 5.74) is 1.06. The second kappa shape index (κ2) is 4.78. The van der Waals surface area contributed by atoms with Gasteiger partial charge in [-0.05, 0) is 6.92 Å². The minimum Gasteiger partial charge on any atom is -0.357 e. The van der Waals surface area contributed by atoms with Crippen molar-refractivity contribution in [2.45, 2.75) is 6.92 Å². The van der Waals surface area contributed by atoms with Gasteiger partial charge in [-0.3, -0.25) is 4.21 Å². The van der Waals surface area contributed by atoms with Crippen LogP contribution in [0.2, 0.25) is 0 Å². The molecule has 0 spiro atoms. The molecular weight excluding hydrogens is 224 g/mol. The lowest BCUT2D eigenvalue weighted by atomic mass is 10.3. The summed E-state index contributed by atoms with van der Waals surface area (Å²) in [6.07, 6.45) is 1.82. The van der Waals surface area contributed by atoms with Crippen molar-refractivity contribution in [3.8, 4) is 0 Å². The third-order valence-corrected chi connectivity index (χ3v) is 3.92. The van der Waals surface area contributed by atoms with E-state index >= 15 is 0 Å². The molecule has 1 saturated heterocycles. The van der Waals surface area contributed by atoms with Crippen molar-refractivity contribution in [1.29, 1.82) is 0 Å². The van der Waals surface area contributed by atoms with Gasteiger partial charge in [0.1, 0.15) is 5.82 Å². The lowest BCUT2D eigenvalue weighted by molar-refractivity contribution is 0.672. The van der Waals surface area contributed by atoms with Crippen molar-refractivity contribution < 1.29 is 4.21 Å². The monoisotopic (exact) mass is 240 g/mol. The summed E-state index contributed by atoms with van der Waals surface area (Å²) in [6, 6.07) is 0. The van der Waals surface area contributed by atoms with E-state index < -0.39 is 10.8 Å². The maximum absolute atomic E-state index is 11.3. The third kappa shape index (κ3) is 2.32. The Morgan fingerprint density at radius 1 is 1.44 bits per heavy atom. The molecule has 0 radical (unpaired) electrons. The molecule has 0 atom stereocenters. The highest BCUT2D eigenvalue weighted by atomic mass is 32.2. The van der Waals surface area contributed by atoms with Crippen LogP contribution in [0.3, 0.4) is 0 Å². The topological polar surface area (TPSA) is 58.1 Å². The number of hydrogen-bond donors (Lipinski definition) is 1. The summed E-state index contributed by atoms with van der Waals surface area (Å²) in [7, 11) is 1.16. The third-order valence-electron chi connectivity index (χ3n) is 2.65. The first kappa shape index (κ1) is 11.3. The number of hydrogen-bond acceptors (Lipinski definition) is 5. The highest BCUT2D eigenvalue weighted by Gasteiger charge is 2.18. The fourth-order valence-electron chi connectivity index (χ4n) is 1.72. The first-order valence-electron chi connectivity index (χ1n) is 5.32. The maximum atomic E-state index is 11.3. The van der Waals surface area contributed by atoms with Crippen LogP contribution in [-0.2, 0) is 10.8 Å². The molecule has 6 heteroatoms. The van der Waals surface area contributed by atoms with Crippen molar-refractivity contribution in [3.05, 3.63) is 11.8 Å². The van der Waals surface area contributed by atoms with Crippen LogP contribution in [0, 0.1) is 6.92 Å². The Hall–Kier alpha value is -1.17. The van der Waals surface area contributed by atoms with Crippen molar-refractivity contribution in [3.63, 3.8) is 0 Å². The van der Waals surface area contributed by atoms with Crippen molar-refractivity contribution >= 4 is 22.6 Å². The van der Waals surface area contributed by atoms with Crippen LogP contribution < -0.4 is 10.2 Å². The summed E-state index contributed by atoms with van der Waals surface area (Å²) in [5, 5.41) is 2.93. The van der Waals surface area contributed by atoms with Gasteiger partial charge in [-0.15, -0.1) is 0 Å². The van der Waals surface area contributed by atoms with E-state index in [2.05, 4.69) is 20.2 Å². The zero-order valence-electron chi connectivity index (χ0n) is 9.56. The molecule has 1 aromatic rings. The van der Waals surface area contributed by atoms with E-state index in [9.17, 15) is 4.21 Å². The lowest BCUT2D eigenvalue weighted by Crippen LogP contribution is -2.38. The van der Waals surface area contributed by atoms with Gasteiger partial charge in [0.15, 0.2) is 0 Å². The van der Waals surface area contributed by atoms with E-state index in [0.717, 1.165) is 36.0 Å². The van der Waals surface area contributed by atoms with Crippen LogP contribution in [0.1, 0.15) is 5.56 Å². The zero-order valence-corrected chi connectivity index (χ0v) is 10.4. The number of anilines is 2. The number of aromatic nitrogens is 2. The molecular formula is C10H16N4OS. The summed E-state index contributed by atoms with van der Waals surface area (Å²) in [4.78, 5) is 10.8. The first-order valence-corrected chi connectivity index (χ1v) is 6.81. The van der Waals surface area contributed by atoms with Gasteiger partial charge in [-0.2, -0.15) is 4.98 Å². The van der Waals surface area contributed by atoms with E-state index in [0.29, 0.717) is 5.95 Å². The van der Waals surface area contributed by atoms with E-state index in [-0.39, 0.29) is 0 Å². The second-order valence-corrected chi connectivity index (χ2v) is 5.48. The molecule has 1 N–H and O–H groups in total. The fraction of sp³-hybridized carbons (Fsp3) is 0.600. The summed E-state index contributed by atoms with van der Waals surface area (Å²) in [5.74, 6) is 3.06. The largest absolute Gasteiger partial charge is 0.357 e. The molecule has 88 valence electrons. The highest BCUT2D eigenvalue weighted by molar-refractivity contribution is 7.85. The Morgan fingerprint density at radius 3 is 2.75 bits per heavy atom. The molecule has 2 rings (SSSR count). The smallest absolute Gasteiger partial charge is 0.224 e. The lowest BCUT2D eigenvalue weighted by Gasteiger charge is -2.28. The minimum absolute atomic E-state index is 0.632. The zero-order chi connectivity index (χ0) is 11.5. The predicted octanol–water partition coefficient (Wildman–Crippen LogP) is 0.395. The molecule has 0 aliphatic carbocycles. The number of aryl methyl sites for hydroxylation is 1. The van der Waals surface area contributed by atoms with Crippen LogP contribution >= 0.6 is 0 Å². The quantitative estimate of drug-likeness (QED) is 0.810. The molecule has 1 aliphatic heterocycles. The van der Waals surface area contributed by atoms with Crippen LogP contribution in [0.15, 0.2) is 6.20 Å². The van der Waals surface area contributed by atoms with Gasteiger partial charge in [0, 0.05) is 54.2 Å². The molecule has 0 bridgehead atoms. The SMILES string of the molecule is CNc1ncc(C)c(N2CCS(=O)CC2)n1. The van der Waals surface area contributed by atoms with Crippen LogP contribution in [-0.4, -0.2) is 45.8 Å². The standard InChI is InChI=1S/C10H16N4OS/c1-8-7-12-10(11-2)13-9(8)14-3-5-16(15)6-4-14/h7H,3-6H2,1-2H3,(H,11,12,13). The Labute approximate surface area is 97.7 Å². The second-order valence-electron chi connectivity index (χ2n) is 3.79. The molecule has 0 amide bonds. The predicted molar refractivity (Wildman–Crippen MR) is 66.4 cm³/mol. The van der Waals surface area contributed by atoms with Crippen LogP contribution in [0.4, 0.5) is 11.8 Å². The van der Waals surface area contributed by atoms with Gasteiger partial charge in [0.25, 0.3) is 0 Å². The average molecular weight is 240 g/mol. The Bertz CT molecular complexity index is 400. The van der Waals surface area contributed by atoms with Gasteiger partial charge in [0.2, 0.25) is 5.95 Å². The van der Waals surface area contributed by atoms with E-state index in [1.165, 1.54) is 0 Å². The summed E-state index contributed by atoms with van der Waals surface area (Å²) in [6.45, 7) is 3.63. The molecule has 1 aromatic heterocycles. The van der Waals surface area contributed by atoms with Gasteiger partial charge in [-0.25, -0.2) is 4.98 Å². The Morgan fingerprint density at radius 2 is 2.12 bits per heavy atom. The summed E-state index contributed by atoms with van der Waals surface area (Å²) < 4.78 is 11.3. The van der Waals surface area contributed by atoms with Crippen LogP contribution in [0.25, 0.3) is 0 Å². The molecule has 0 aromatic carbocycles. The molecule has 1 fully saturated rings.